The Kier molecular flexibility index (Phi) is 3.14. The van der Waals surface area contributed by atoms with Gasteiger partial charge in [0.05, 0.1) is 18.2 Å². The SMILES string of the molecule is C[C@@]1(O)[C@H](O)[C@@H](CO)O[C@H]1n1ncc2c(Cl)ncnc21. The number of nitrogens with zero attached hydrogens (tertiary/aromatic N) is 4. The lowest BCUT2D eigenvalue weighted by molar-refractivity contribution is -0.100. The van der Waals surface area contributed by atoms with E-state index in [2.05, 4.69) is 15.1 Å². The lowest BCUT2D eigenvalue weighted by Crippen LogP contribution is -2.44. The summed E-state index contributed by atoms with van der Waals surface area (Å²) >= 11 is 5.94. The molecule has 1 saturated heterocycles. The molecule has 0 spiro atoms. The van der Waals surface area contributed by atoms with Gasteiger partial charge in [0.2, 0.25) is 0 Å². The molecule has 3 N–H and O–H groups in total. The Labute approximate surface area is 118 Å². The molecule has 3 rings (SSSR count). The third kappa shape index (κ3) is 1.80. The van der Waals surface area contributed by atoms with Crippen molar-refractivity contribution in [3.8, 4) is 0 Å². The van der Waals surface area contributed by atoms with E-state index in [9.17, 15) is 10.2 Å². The summed E-state index contributed by atoms with van der Waals surface area (Å²) in [4.78, 5) is 7.90. The molecule has 0 bridgehead atoms. The van der Waals surface area contributed by atoms with Crippen LogP contribution >= 0.6 is 11.6 Å². The van der Waals surface area contributed by atoms with Gasteiger partial charge in [-0.25, -0.2) is 14.6 Å². The molecule has 3 heterocycles. The highest BCUT2D eigenvalue weighted by molar-refractivity contribution is 6.33. The van der Waals surface area contributed by atoms with E-state index in [1.807, 2.05) is 0 Å². The summed E-state index contributed by atoms with van der Waals surface area (Å²) in [6, 6.07) is 0. The molecule has 0 unspecified atom stereocenters. The van der Waals surface area contributed by atoms with Crippen LogP contribution in [-0.4, -0.2) is 59.5 Å². The van der Waals surface area contributed by atoms with Crippen molar-refractivity contribution in [3.63, 3.8) is 0 Å². The minimum absolute atomic E-state index is 0.234. The number of ether oxygens (including phenoxy) is 1. The van der Waals surface area contributed by atoms with Crippen molar-refractivity contribution in [2.45, 2.75) is 31.0 Å². The maximum atomic E-state index is 10.4. The molecule has 1 aliphatic heterocycles. The van der Waals surface area contributed by atoms with Crippen molar-refractivity contribution in [3.05, 3.63) is 17.7 Å². The third-order valence-electron chi connectivity index (χ3n) is 3.50. The highest BCUT2D eigenvalue weighted by atomic mass is 35.5. The molecule has 0 aromatic carbocycles. The summed E-state index contributed by atoms with van der Waals surface area (Å²) in [5.74, 6) is 0. The summed E-state index contributed by atoms with van der Waals surface area (Å²) < 4.78 is 6.80. The van der Waals surface area contributed by atoms with E-state index in [1.165, 1.54) is 24.1 Å². The molecule has 4 atom stereocenters. The molecule has 0 radical (unpaired) electrons. The number of aliphatic hydroxyl groups is 3. The monoisotopic (exact) mass is 300 g/mol. The number of fused-ring (bicyclic) bond motifs is 1. The molecule has 1 aliphatic rings. The number of aromatic nitrogens is 4. The Balaban J connectivity index is 2.10. The van der Waals surface area contributed by atoms with E-state index in [0.29, 0.717) is 11.0 Å². The molecular formula is C11H13ClN4O4. The van der Waals surface area contributed by atoms with Gasteiger partial charge >= 0.3 is 0 Å². The zero-order chi connectivity index (χ0) is 14.5. The van der Waals surface area contributed by atoms with Crippen LogP contribution in [0.5, 0.6) is 0 Å². The predicted octanol–water partition coefficient (Wildman–Crippen LogP) is -0.519. The maximum absolute atomic E-state index is 10.4. The van der Waals surface area contributed by atoms with Crippen LogP contribution in [0.1, 0.15) is 13.2 Å². The van der Waals surface area contributed by atoms with E-state index in [4.69, 9.17) is 21.4 Å². The van der Waals surface area contributed by atoms with Crippen LogP contribution in [0, 0.1) is 0 Å². The molecule has 1 fully saturated rings. The Hall–Kier alpha value is -1.32. The fourth-order valence-electron chi connectivity index (χ4n) is 2.35. The van der Waals surface area contributed by atoms with Gasteiger partial charge in [-0.2, -0.15) is 5.10 Å². The normalized spacial score (nSPS) is 34.0. The van der Waals surface area contributed by atoms with Crippen molar-refractivity contribution in [2.75, 3.05) is 6.61 Å². The fourth-order valence-corrected chi connectivity index (χ4v) is 2.53. The van der Waals surface area contributed by atoms with Crippen molar-refractivity contribution < 1.29 is 20.1 Å². The number of halogens is 1. The van der Waals surface area contributed by atoms with Crippen LogP contribution in [0.3, 0.4) is 0 Å². The Morgan fingerprint density at radius 2 is 2.25 bits per heavy atom. The molecule has 0 saturated carbocycles. The largest absolute Gasteiger partial charge is 0.394 e. The van der Waals surface area contributed by atoms with Crippen LogP contribution < -0.4 is 0 Å². The first-order valence-corrected chi connectivity index (χ1v) is 6.35. The summed E-state index contributed by atoms with van der Waals surface area (Å²) in [5.41, 5.74) is -1.25. The third-order valence-corrected chi connectivity index (χ3v) is 3.80. The molecule has 108 valence electrons. The Morgan fingerprint density at radius 3 is 2.90 bits per heavy atom. The quantitative estimate of drug-likeness (QED) is 0.640. The fraction of sp³-hybridized carbons (Fsp3) is 0.545. The van der Waals surface area contributed by atoms with Crippen LogP contribution in [-0.2, 0) is 4.74 Å². The lowest BCUT2D eigenvalue weighted by atomic mass is 9.97. The topological polar surface area (TPSA) is 114 Å². The van der Waals surface area contributed by atoms with Gasteiger partial charge in [-0.3, -0.25) is 0 Å². The predicted molar refractivity (Wildman–Crippen MR) is 68.0 cm³/mol. The van der Waals surface area contributed by atoms with Gasteiger partial charge in [-0.15, -0.1) is 0 Å². The highest BCUT2D eigenvalue weighted by Gasteiger charge is 2.53. The molecule has 2 aromatic rings. The average molecular weight is 301 g/mol. The van der Waals surface area contributed by atoms with Gasteiger partial charge in [0, 0.05) is 0 Å². The van der Waals surface area contributed by atoms with E-state index in [1.54, 1.807) is 0 Å². The minimum atomic E-state index is -1.62. The average Bonchev–Trinajstić information content (AvgIpc) is 2.92. The molecular weight excluding hydrogens is 288 g/mol. The molecule has 8 nitrogen and oxygen atoms in total. The van der Waals surface area contributed by atoms with Gasteiger partial charge in [0.1, 0.15) is 29.3 Å². The number of rotatable bonds is 2. The smallest absolute Gasteiger partial charge is 0.183 e. The standard InChI is InChI=1S/C11H13ClN4O4/c1-11(19)7(18)6(3-17)20-10(11)16-9-5(2-15-16)8(12)13-4-14-9/h2,4,6-7,10,17-19H,3H2,1H3/t6-,7-,10-,11-/m1/s1. The second-order valence-corrected chi connectivity index (χ2v) is 5.23. The molecule has 20 heavy (non-hydrogen) atoms. The zero-order valence-electron chi connectivity index (χ0n) is 10.5. The number of hydrogen-bond donors (Lipinski definition) is 3. The summed E-state index contributed by atoms with van der Waals surface area (Å²) in [5, 5.41) is 34.4. The van der Waals surface area contributed by atoms with Crippen molar-refractivity contribution in [1.29, 1.82) is 0 Å². The summed E-state index contributed by atoms with van der Waals surface area (Å²) in [6.07, 6.45) is -0.402. The first-order valence-electron chi connectivity index (χ1n) is 5.97. The first kappa shape index (κ1) is 13.7. The van der Waals surface area contributed by atoms with Gasteiger partial charge < -0.3 is 20.1 Å². The van der Waals surface area contributed by atoms with Gasteiger partial charge in [0.25, 0.3) is 0 Å². The molecule has 0 aliphatic carbocycles. The summed E-state index contributed by atoms with van der Waals surface area (Å²) in [6.45, 7) is 0.997. The van der Waals surface area contributed by atoms with Crippen LogP contribution in [0.4, 0.5) is 0 Å². The highest BCUT2D eigenvalue weighted by Crippen LogP contribution is 2.39. The van der Waals surface area contributed by atoms with Crippen molar-refractivity contribution in [1.82, 2.24) is 19.7 Å². The van der Waals surface area contributed by atoms with Crippen LogP contribution in [0.15, 0.2) is 12.5 Å². The van der Waals surface area contributed by atoms with E-state index in [0.717, 1.165) is 0 Å². The first-order chi connectivity index (χ1) is 9.46. The Morgan fingerprint density at radius 1 is 1.50 bits per heavy atom. The van der Waals surface area contributed by atoms with Crippen LogP contribution in [0.25, 0.3) is 11.0 Å². The van der Waals surface area contributed by atoms with Crippen molar-refractivity contribution >= 4 is 22.6 Å². The second-order valence-electron chi connectivity index (χ2n) is 4.87. The second kappa shape index (κ2) is 4.61. The maximum Gasteiger partial charge on any atom is 0.183 e. The van der Waals surface area contributed by atoms with Gasteiger partial charge in [-0.05, 0) is 6.92 Å². The summed E-state index contributed by atoms with van der Waals surface area (Å²) in [7, 11) is 0. The van der Waals surface area contributed by atoms with Crippen LogP contribution in [0.2, 0.25) is 5.15 Å². The number of aliphatic hydroxyl groups excluding tert-OH is 2. The van der Waals surface area contributed by atoms with E-state index < -0.39 is 30.6 Å². The minimum Gasteiger partial charge on any atom is -0.394 e. The zero-order valence-corrected chi connectivity index (χ0v) is 11.3. The Bertz CT molecular complexity index is 646. The molecule has 9 heteroatoms. The van der Waals surface area contributed by atoms with Gasteiger partial charge in [-0.1, -0.05) is 11.6 Å². The number of hydrogen-bond acceptors (Lipinski definition) is 7. The molecule has 0 amide bonds. The van der Waals surface area contributed by atoms with Gasteiger partial charge in [0.15, 0.2) is 11.9 Å². The lowest BCUT2D eigenvalue weighted by Gasteiger charge is -2.26. The van der Waals surface area contributed by atoms with E-state index >= 15 is 0 Å². The molecule has 2 aromatic heterocycles. The van der Waals surface area contributed by atoms with E-state index in [-0.39, 0.29) is 5.15 Å². The van der Waals surface area contributed by atoms with Crippen molar-refractivity contribution in [2.24, 2.45) is 0 Å².